The summed E-state index contributed by atoms with van der Waals surface area (Å²) in [7, 11) is 0. The van der Waals surface area contributed by atoms with Crippen molar-refractivity contribution >= 4 is 46.5 Å². The van der Waals surface area contributed by atoms with E-state index in [1.54, 1.807) is 44.2 Å². The molecule has 3 amide bonds. The van der Waals surface area contributed by atoms with E-state index in [0.29, 0.717) is 11.3 Å². The summed E-state index contributed by atoms with van der Waals surface area (Å²) >= 11 is 0.766. The molecule has 0 unspecified atom stereocenters. The van der Waals surface area contributed by atoms with Gasteiger partial charge in [0.15, 0.2) is 6.61 Å². The molecule has 0 radical (unpaired) electrons. The van der Waals surface area contributed by atoms with E-state index in [1.165, 1.54) is 0 Å². The summed E-state index contributed by atoms with van der Waals surface area (Å²) in [4.78, 5) is 49.9. The maximum Gasteiger partial charge on any atom is 0.326 e. The molecule has 0 saturated carbocycles. The van der Waals surface area contributed by atoms with Gasteiger partial charge < -0.3 is 14.8 Å². The molecule has 184 valence electrons. The summed E-state index contributed by atoms with van der Waals surface area (Å²) in [6.07, 6.45) is 1.23. The molecule has 0 aromatic heterocycles. The Morgan fingerprint density at radius 2 is 1.71 bits per heavy atom. The number of nitrogens with one attached hydrogen (secondary N) is 1. The molecule has 1 saturated heterocycles. The Morgan fingerprint density at radius 3 is 2.37 bits per heavy atom. The van der Waals surface area contributed by atoms with Gasteiger partial charge in [0.1, 0.15) is 12.3 Å². The number of carbonyl (C=O) groups excluding carboxylic acids is 4. The highest BCUT2D eigenvalue weighted by atomic mass is 32.2. The molecule has 2 aromatic rings. The normalized spacial score (nSPS) is 14.7. The van der Waals surface area contributed by atoms with Crippen LogP contribution >= 0.6 is 11.8 Å². The third-order valence-corrected chi connectivity index (χ3v) is 5.84. The van der Waals surface area contributed by atoms with Crippen molar-refractivity contribution in [3.63, 3.8) is 0 Å². The summed E-state index contributed by atoms with van der Waals surface area (Å²) in [5, 5.41) is 2.35. The first kappa shape index (κ1) is 26.0. The molecule has 1 aliphatic heterocycles. The van der Waals surface area contributed by atoms with E-state index >= 15 is 0 Å². The van der Waals surface area contributed by atoms with Crippen molar-refractivity contribution < 1.29 is 28.7 Å². The minimum absolute atomic E-state index is 0.156. The molecule has 1 N–H and O–H groups in total. The van der Waals surface area contributed by atoms with Crippen LogP contribution in [-0.4, -0.2) is 47.2 Å². The molecule has 0 spiro atoms. The van der Waals surface area contributed by atoms with Crippen molar-refractivity contribution in [3.8, 4) is 5.75 Å². The lowest BCUT2D eigenvalue weighted by atomic mass is 10.0. The van der Waals surface area contributed by atoms with Crippen molar-refractivity contribution in [1.29, 1.82) is 0 Å². The number of hydrogen-bond donors (Lipinski definition) is 1. The van der Waals surface area contributed by atoms with Gasteiger partial charge in [0.25, 0.3) is 17.1 Å². The highest BCUT2D eigenvalue weighted by Gasteiger charge is 2.36. The highest BCUT2D eigenvalue weighted by Crippen LogP contribution is 2.32. The summed E-state index contributed by atoms with van der Waals surface area (Å²) in [5.41, 5.74) is 2.48. The molecule has 0 bridgehead atoms. The van der Waals surface area contributed by atoms with Crippen molar-refractivity contribution in [2.45, 2.75) is 39.7 Å². The molecule has 8 nitrogen and oxygen atoms in total. The average molecular weight is 497 g/mol. The molecule has 0 atom stereocenters. The van der Waals surface area contributed by atoms with Gasteiger partial charge in [0, 0.05) is 5.69 Å². The third kappa shape index (κ3) is 7.19. The van der Waals surface area contributed by atoms with E-state index in [2.05, 4.69) is 19.2 Å². The van der Waals surface area contributed by atoms with Crippen LogP contribution in [0.4, 0.5) is 10.5 Å². The van der Waals surface area contributed by atoms with Crippen molar-refractivity contribution in [1.82, 2.24) is 4.90 Å². The Morgan fingerprint density at radius 1 is 1.03 bits per heavy atom. The smallest absolute Gasteiger partial charge is 0.326 e. The Labute approximate surface area is 208 Å². The Bertz CT molecular complexity index is 1140. The van der Waals surface area contributed by atoms with Crippen LogP contribution in [0.15, 0.2) is 53.4 Å². The minimum Gasteiger partial charge on any atom is -0.484 e. The van der Waals surface area contributed by atoms with Gasteiger partial charge in [0.05, 0.1) is 11.0 Å². The lowest BCUT2D eigenvalue weighted by Crippen LogP contribution is -2.35. The number of thioether (sulfide) groups is 1. The molecular weight excluding hydrogens is 468 g/mol. The zero-order chi connectivity index (χ0) is 25.5. The van der Waals surface area contributed by atoms with Crippen LogP contribution in [0.2, 0.25) is 0 Å². The molecule has 1 aliphatic rings. The van der Waals surface area contributed by atoms with Crippen molar-refractivity contribution in [2.24, 2.45) is 0 Å². The highest BCUT2D eigenvalue weighted by molar-refractivity contribution is 8.18. The number of para-hydroxylation sites is 1. The molecule has 9 heteroatoms. The van der Waals surface area contributed by atoms with E-state index in [4.69, 9.17) is 9.47 Å². The number of benzene rings is 2. The van der Waals surface area contributed by atoms with Gasteiger partial charge in [-0.15, -0.1) is 0 Å². The van der Waals surface area contributed by atoms with E-state index in [-0.39, 0.29) is 29.4 Å². The van der Waals surface area contributed by atoms with Gasteiger partial charge in [-0.2, -0.15) is 0 Å². The number of amides is 3. The second-order valence-corrected chi connectivity index (χ2v) is 9.45. The zero-order valence-corrected chi connectivity index (χ0v) is 20.9. The molecule has 1 fully saturated rings. The predicted molar refractivity (Wildman–Crippen MR) is 135 cm³/mol. The monoisotopic (exact) mass is 496 g/mol. The number of rotatable bonds is 9. The average Bonchev–Trinajstić information content (AvgIpc) is 3.05. The topological polar surface area (TPSA) is 102 Å². The van der Waals surface area contributed by atoms with Crippen LogP contribution in [0.5, 0.6) is 5.75 Å². The number of esters is 1. The number of anilines is 1. The van der Waals surface area contributed by atoms with Crippen LogP contribution in [0.25, 0.3) is 6.08 Å². The number of hydrogen-bond acceptors (Lipinski definition) is 7. The molecule has 35 heavy (non-hydrogen) atoms. The number of carbonyl (C=O) groups is 4. The van der Waals surface area contributed by atoms with Gasteiger partial charge in [-0.25, -0.2) is 0 Å². The SMILES string of the molecule is CC(C)OC(=O)CN1C(=O)S/C(=C\c2ccc(OCC(=O)Nc3ccccc3C(C)C)cc2)C1=O. The van der Waals surface area contributed by atoms with E-state index in [9.17, 15) is 19.2 Å². The first-order chi connectivity index (χ1) is 16.6. The third-order valence-electron chi connectivity index (χ3n) is 4.93. The Kier molecular flexibility index (Phi) is 8.70. The summed E-state index contributed by atoms with van der Waals surface area (Å²) in [6, 6.07) is 14.4. The fraction of sp³-hybridized carbons (Fsp3) is 0.308. The standard InChI is InChI=1S/C26H28N2O6S/c1-16(2)20-7-5-6-8-21(20)27-23(29)15-33-19-11-9-18(10-12-19)13-22-25(31)28(26(32)35-22)14-24(30)34-17(3)4/h5-13,16-17H,14-15H2,1-4H3,(H,27,29)/b22-13-. The Hall–Kier alpha value is -3.59. The predicted octanol–water partition coefficient (Wildman–Crippen LogP) is 4.82. The minimum atomic E-state index is -0.637. The van der Waals surface area contributed by atoms with Gasteiger partial charge in [-0.05, 0) is 66.9 Å². The molecule has 1 heterocycles. The van der Waals surface area contributed by atoms with Crippen LogP contribution in [0.3, 0.4) is 0 Å². The molecule has 0 aliphatic carbocycles. The largest absolute Gasteiger partial charge is 0.484 e. The van der Waals surface area contributed by atoms with E-state index in [0.717, 1.165) is 27.9 Å². The number of ether oxygens (including phenoxy) is 2. The Balaban J connectivity index is 1.56. The summed E-state index contributed by atoms with van der Waals surface area (Å²) < 4.78 is 10.6. The van der Waals surface area contributed by atoms with Gasteiger partial charge >= 0.3 is 5.97 Å². The first-order valence-electron chi connectivity index (χ1n) is 11.2. The lowest BCUT2D eigenvalue weighted by Gasteiger charge is -2.14. The fourth-order valence-electron chi connectivity index (χ4n) is 3.33. The van der Waals surface area contributed by atoms with Crippen LogP contribution in [0, 0.1) is 0 Å². The maximum atomic E-state index is 12.5. The summed E-state index contributed by atoms with van der Waals surface area (Å²) in [5.74, 6) is -0.692. The van der Waals surface area contributed by atoms with Gasteiger partial charge in [0.2, 0.25) is 0 Å². The van der Waals surface area contributed by atoms with Crippen LogP contribution in [-0.2, 0) is 19.1 Å². The van der Waals surface area contributed by atoms with E-state index in [1.807, 2.05) is 24.3 Å². The maximum absolute atomic E-state index is 12.5. The second-order valence-electron chi connectivity index (χ2n) is 8.45. The summed E-state index contributed by atoms with van der Waals surface area (Å²) in [6.45, 7) is 6.93. The molecule has 2 aromatic carbocycles. The number of nitrogens with zero attached hydrogens (tertiary/aromatic N) is 1. The van der Waals surface area contributed by atoms with Crippen molar-refractivity contribution in [2.75, 3.05) is 18.5 Å². The molecule has 3 rings (SSSR count). The van der Waals surface area contributed by atoms with Crippen LogP contribution < -0.4 is 10.1 Å². The van der Waals surface area contributed by atoms with Crippen molar-refractivity contribution in [3.05, 3.63) is 64.6 Å². The van der Waals surface area contributed by atoms with E-state index < -0.39 is 23.7 Å². The second kappa shape index (κ2) is 11.7. The quantitative estimate of drug-likeness (QED) is 0.392. The molecular formula is C26H28N2O6S. The zero-order valence-electron chi connectivity index (χ0n) is 20.1. The fourth-order valence-corrected chi connectivity index (χ4v) is 4.16. The van der Waals surface area contributed by atoms with Crippen LogP contribution in [0.1, 0.15) is 44.7 Å². The first-order valence-corrected chi connectivity index (χ1v) is 12.0. The number of imide groups is 1. The van der Waals surface area contributed by atoms with Gasteiger partial charge in [-0.3, -0.25) is 24.1 Å². The lowest BCUT2D eigenvalue weighted by molar-refractivity contribution is -0.149. The van der Waals surface area contributed by atoms with Gasteiger partial charge in [-0.1, -0.05) is 44.2 Å².